The van der Waals surface area contributed by atoms with Gasteiger partial charge in [0.15, 0.2) is 11.5 Å². The average Bonchev–Trinajstić information content (AvgIpc) is 3.28. The molecule has 11 nitrogen and oxygen atoms in total. The molecule has 5 heterocycles. The third kappa shape index (κ3) is 4.94. The van der Waals surface area contributed by atoms with Crippen molar-refractivity contribution in [2.75, 3.05) is 42.9 Å². The lowest BCUT2D eigenvalue weighted by molar-refractivity contribution is 0.271. The highest BCUT2D eigenvalue weighted by Gasteiger charge is 2.19. The Labute approximate surface area is 231 Å². The highest BCUT2D eigenvalue weighted by Crippen LogP contribution is 2.23. The number of nitrogens with one attached hydrogen (secondary N) is 1. The molecule has 6 rings (SSSR count). The largest absolute Gasteiger partial charge is 0.369 e. The minimum absolute atomic E-state index is 0.222. The summed E-state index contributed by atoms with van der Waals surface area (Å²) in [6.45, 7) is 11.6. The molecule has 1 N–H and O–H groups in total. The maximum atomic E-state index is 13.3. The molecule has 0 aliphatic carbocycles. The van der Waals surface area contributed by atoms with Crippen LogP contribution in [0.4, 0.5) is 17.3 Å². The number of pyridine rings is 1. The van der Waals surface area contributed by atoms with Gasteiger partial charge in [0.2, 0.25) is 5.95 Å². The summed E-state index contributed by atoms with van der Waals surface area (Å²) < 4.78 is 3.25. The molecule has 0 spiro atoms. The van der Waals surface area contributed by atoms with Crippen molar-refractivity contribution in [2.24, 2.45) is 0 Å². The van der Waals surface area contributed by atoms with Gasteiger partial charge in [0.05, 0.1) is 18.4 Å². The monoisotopic (exact) mass is 534 g/mol. The molecule has 1 aliphatic heterocycles. The Morgan fingerprint density at radius 2 is 1.77 bits per heavy atom. The summed E-state index contributed by atoms with van der Waals surface area (Å²) in [4.78, 5) is 40.6. The minimum atomic E-state index is -0.222. The van der Waals surface area contributed by atoms with Crippen LogP contribution in [0.5, 0.6) is 0 Å². The maximum Gasteiger partial charge on any atom is 0.278 e. The van der Waals surface area contributed by atoms with Crippen molar-refractivity contribution in [2.45, 2.75) is 13.5 Å². The van der Waals surface area contributed by atoms with Gasteiger partial charge in [0, 0.05) is 56.1 Å². The zero-order chi connectivity index (χ0) is 27.5. The summed E-state index contributed by atoms with van der Waals surface area (Å²) >= 11 is 0. The molecule has 0 bridgehead atoms. The summed E-state index contributed by atoms with van der Waals surface area (Å²) in [5.74, 6) is 0.903. The molecule has 1 fully saturated rings. The third-order valence-corrected chi connectivity index (χ3v) is 7.06. The van der Waals surface area contributed by atoms with E-state index in [1.54, 1.807) is 40.2 Å². The van der Waals surface area contributed by atoms with Crippen LogP contribution in [-0.2, 0) is 6.54 Å². The minimum Gasteiger partial charge on any atom is -0.369 e. The molecule has 0 unspecified atom stereocenters. The first-order valence-electron chi connectivity index (χ1n) is 13.3. The zero-order valence-electron chi connectivity index (χ0n) is 22.3. The smallest absolute Gasteiger partial charge is 0.278 e. The van der Waals surface area contributed by atoms with E-state index in [0.29, 0.717) is 34.2 Å². The van der Waals surface area contributed by atoms with Gasteiger partial charge in [-0.1, -0.05) is 19.1 Å². The number of hydrogen-bond acceptors (Lipinski definition) is 9. The highest BCUT2D eigenvalue weighted by molar-refractivity contribution is 5.77. The number of benzene rings is 1. The number of aromatic nitrogens is 7. The Balaban J connectivity index is 1.32. The van der Waals surface area contributed by atoms with Crippen molar-refractivity contribution in [1.82, 2.24) is 39.2 Å². The molecule has 0 amide bonds. The highest BCUT2D eigenvalue weighted by atomic mass is 16.1. The van der Waals surface area contributed by atoms with E-state index in [9.17, 15) is 4.79 Å². The summed E-state index contributed by atoms with van der Waals surface area (Å²) in [6.07, 6.45) is 8.10. The Hall–Kier alpha value is -4.90. The van der Waals surface area contributed by atoms with Crippen LogP contribution in [-0.4, -0.2) is 71.9 Å². The fraction of sp³-hybridized carbons (Fsp3) is 0.241. The molecule has 1 aliphatic rings. The number of rotatable bonds is 8. The van der Waals surface area contributed by atoms with Crippen molar-refractivity contribution < 1.29 is 0 Å². The lowest BCUT2D eigenvalue weighted by Crippen LogP contribution is -2.46. The van der Waals surface area contributed by atoms with E-state index in [1.165, 1.54) is 5.69 Å². The van der Waals surface area contributed by atoms with Gasteiger partial charge in [-0.05, 0) is 42.9 Å². The average molecular weight is 535 g/mol. The van der Waals surface area contributed by atoms with Gasteiger partial charge in [-0.3, -0.25) is 14.8 Å². The summed E-state index contributed by atoms with van der Waals surface area (Å²) in [5.41, 5.74) is 3.54. The summed E-state index contributed by atoms with van der Waals surface area (Å²) in [6, 6.07) is 13.8. The van der Waals surface area contributed by atoms with Crippen molar-refractivity contribution >= 4 is 28.4 Å². The van der Waals surface area contributed by atoms with Crippen molar-refractivity contribution in [3.63, 3.8) is 0 Å². The Kier molecular flexibility index (Phi) is 7.02. The van der Waals surface area contributed by atoms with Crippen LogP contribution in [0.25, 0.3) is 28.2 Å². The molecule has 0 radical (unpaired) electrons. The first-order valence-corrected chi connectivity index (χ1v) is 13.3. The standard InChI is InChI=1S/C29H30N10O/c1-3-14-38-28(40)23-19-32-29(33-21-8-10-22(11-9-21)37-17-15-36(4-2)16-18-37)35-27(23)39(38)26-7-5-6-24(34-26)25-20-30-12-13-31-25/h3,5-13,19-20H,1,4,14-18H2,2H3,(H,32,33,35). The van der Waals surface area contributed by atoms with Gasteiger partial charge in [0.25, 0.3) is 5.56 Å². The van der Waals surface area contributed by atoms with Crippen LogP contribution in [0.1, 0.15) is 6.92 Å². The van der Waals surface area contributed by atoms with Gasteiger partial charge in [-0.15, -0.1) is 6.58 Å². The zero-order valence-corrected chi connectivity index (χ0v) is 22.3. The van der Waals surface area contributed by atoms with Gasteiger partial charge in [0.1, 0.15) is 11.1 Å². The maximum absolute atomic E-state index is 13.3. The molecule has 4 aromatic heterocycles. The van der Waals surface area contributed by atoms with Crippen LogP contribution >= 0.6 is 0 Å². The molecule has 1 saturated heterocycles. The molecule has 11 heteroatoms. The molecule has 5 aromatic rings. The number of nitrogens with zero attached hydrogens (tertiary/aromatic N) is 9. The second-order valence-corrected chi connectivity index (χ2v) is 9.48. The second-order valence-electron chi connectivity index (χ2n) is 9.48. The molecular formula is C29H30N10O. The lowest BCUT2D eigenvalue weighted by atomic mass is 10.2. The molecule has 40 heavy (non-hydrogen) atoms. The molecule has 0 atom stereocenters. The quantitative estimate of drug-likeness (QED) is 0.299. The molecule has 202 valence electrons. The van der Waals surface area contributed by atoms with E-state index < -0.39 is 0 Å². The predicted molar refractivity (Wildman–Crippen MR) is 156 cm³/mol. The molecule has 1 aromatic carbocycles. The number of fused-ring (bicyclic) bond motifs is 1. The number of likely N-dealkylation sites (N-methyl/N-ethyl adjacent to an activating group) is 1. The fourth-order valence-electron chi connectivity index (χ4n) is 4.93. The van der Waals surface area contributed by atoms with Crippen LogP contribution in [0, 0.1) is 0 Å². The van der Waals surface area contributed by atoms with Crippen molar-refractivity contribution in [1.29, 1.82) is 0 Å². The van der Waals surface area contributed by atoms with E-state index in [2.05, 4.69) is 55.7 Å². The third-order valence-electron chi connectivity index (χ3n) is 7.06. The normalized spacial score (nSPS) is 14.0. The number of anilines is 3. The first kappa shape index (κ1) is 25.4. The molecular weight excluding hydrogens is 504 g/mol. The van der Waals surface area contributed by atoms with Gasteiger partial charge >= 0.3 is 0 Å². The Morgan fingerprint density at radius 3 is 2.50 bits per heavy atom. The topological polar surface area (TPSA) is 110 Å². The molecule has 0 saturated carbocycles. The Morgan fingerprint density at radius 1 is 0.950 bits per heavy atom. The van der Waals surface area contributed by atoms with E-state index in [0.717, 1.165) is 38.4 Å². The van der Waals surface area contributed by atoms with E-state index >= 15 is 0 Å². The van der Waals surface area contributed by atoms with E-state index in [-0.39, 0.29) is 12.1 Å². The second kappa shape index (κ2) is 11.1. The number of allylic oxidation sites excluding steroid dienone is 1. The van der Waals surface area contributed by atoms with E-state index in [4.69, 9.17) is 9.97 Å². The van der Waals surface area contributed by atoms with Crippen LogP contribution in [0.15, 0.2) is 84.7 Å². The van der Waals surface area contributed by atoms with Gasteiger partial charge in [-0.2, -0.15) is 4.98 Å². The Bertz CT molecular complexity index is 1690. The van der Waals surface area contributed by atoms with Crippen molar-refractivity contribution in [3.05, 3.63) is 90.3 Å². The SMILES string of the molecule is C=CCn1c(=O)c2cnc(Nc3ccc(N4CCN(CC)CC4)cc3)nc2n1-c1cccc(-c2cnccn2)n1. The summed E-state index contributed by atoms with van der Waals surface area (Å²) in [7, 11) is 0. The van der Waals surface area contributed by atoms with Crippen LogP contribution < -0.4 is 15.8 Å². The fourth-order valence-corrected chi connectivity index (χ4v) is 4.93. The summed E-state index contributed by atoms with van der Waals surface area (Å²) in [5, 5.41) is 3.68. The lowest BCUT2D eigenvalue weighted by Gasteiger charge is -2.35. The van der Waals surface area contributed by atoms with Crippen molar-refractivity contribution in [3.8, 4) is 17.2 Å². The number of piperazine rings is 1. The van der Waals surface area contributed by atoms with Crippen LogP contribution in [0.3, 0.4) is 0 Å². The number of hydrogen-bond donors (Lipinski definition) is 1. The first-order chi connectivity index (χ1) is 19.6. The van der Waals surface area contributed by atoms with E-state index in [1.807, 2.05) is 30.3 Å². The predicted octanol–water partition coefficient (Wildman–Crippen LogP) is 3.51. The van der Waals surface area contributed by atoms with Gasteiger partial charge < -0.3 is 15.1 Å². The van der Waals surface area contributed by atoms with Crippen LogP contribution in [0.2, 0.25) is 0 Å². The van der Waals surface area contributed by atoms with Gasteiger partial charge in [-0.25, -0.2) is 19.3 Å².